The van der Waals surface area contributed by atoms with Crippen molar-refractivity contribution in [2.75, 3.05) is 37.7 Å². The summed E-state index contributed by atoms with van der Waals surface area (Å²) in [6.45, 7) is 4.52. The summed E-state index contributed by atoms with van der Waals surface area (Å²) in [5, 5.41) is 12.0. The highest BCUT2D eigenvalue weighted by molar-refractivity contribution is 6.01. The van der Waals surface area contributed by atoms with Crippen molar-refractivity contribution in [2.45, 2.75) is 62.9 Å². The predicted octanol–water partition coefficient (Wildman–Crippen LogP) is 5.32. The first-order valence-corrected chi connectivity index (χ1v) is 15.1. The van der Waals surface area contributed by atoms with Crippen LogP contribution in [0.2, 0.25) is 0 Å². The summed E-state index contributed by atoms with van der Waals surface area (Å²) in [4.78, 5) is 18.0. The Bertz CT molecular complexity index is 1770. The van der Waals surface area contributed by atoms with E-state index in [2.05, 4.69) is 19.8 Å². The molecule has 224 valence electrons. The molecule has 8 rings (SSSR count). The minimum atomic E-state index is -0.904. The number of aromatic hydroxyl groups is 1. The fraction of sp³-hybridized carbons (Fsp3) is 0.469. The molecule has 4 aliphatic heterocycles. The number of anilines is 1. The Kier molecular flexibility index (Phi) is 6.20. The van der Waals surface area contributed by atoms with Gasteiger partial charge in [-0.05, 0) is 66.8 Å². The monoisotopic (exact) mass is 591 g/mol. The number of aryl methyl sites for hydroxylation is 1. The highest BCUT2D eigenvalue weighted by Crippen LogP contribution is 2.43. The molecule has 4 atom stereocenters. The Balaban J connectivity index is 1.27. The van der Waals surface area contributed by atoms with Crippen LogP contribution in [-0.2, 0) is 11.2 Å². The molecule has 1 N–H and O–H groups in total. The maximum atomic E-state index is 16.7. The van der Waals surface area contributed by atoms with Gasteiger partial charge in [0.25, 0.3) is 0 Å². The van der Waals surface area contributed by atoms with E-state index < -0.39 is 23.3 Å². The van der Waals surface area contributed by atoms with E-state index in [1.165, 1.54) is 18.2 Å². The van der Waals surface area contributed by atoms with E-state index in [0.29, 0.717) is 60.1 Å². The van der Waals surface area contributed by atoms with Crippen LogP contribution in [0.4, 0.5) is 19.0 Å². The molecule has 0 radical (unpaired) electrons. The maximum Gasteiger partial charge on any atom is 0.319 e. The molecule has 2 aromatic carbocycles. The van der Waals surface area contributed by atoms with Crippen molar-refractivity contribution in [1.29, 1.82) is 0 Å². The van der Waals surface area contributed by atoms with Crippen LogP contribution in [0, 0.1) is 11.6 Å². The van der Waals surface area contributed by atoms with Gasteiger partial charge in [0.1, 0.15) is 41.4 Å². The molecule has 4 saturated heterocycles. The zero-order valence-electron chi connectivity index (χ0n) is 23.8. The fourth-order valence-corrected chi connectivity index (χ4v) is 7.78. The first-order chi connectivity index (χ1) is 20.8. The van der Waals surface area contributed by atoms with E-state index >= 15 is 4.39 Å². The molecule has 4 aromatic rings. The van der Waals surface area contributed by atoms with Crippen molar-refractivity contribution < 1.29 is 27.8 Å². The van der Waals surface area contributed by atoms with Gasteiger partial charge in [-0.1, -0.05) is 13.0 Å². The normalized spacial score (nSPS) is 26.7. The molecular weight excluding hydrogens is 559 g/mol. The summed E-state index contributed by atoms with van der Waals surface area (Å²) in [7, 11) is 0. The minimum absolute atomic E-state index is 0.0190. The number of alkyl halides is 1. The van der Waals surface area contributed by atoms with Crippen LogP contribution < -0.4 is 9.64 Å². The van der Waals surface area contributed by atoms with Crippen LogP contribution in [0.5, 0.6) is 11.8 Å². The van der Waals surface area contributed by atoms with Crippen molar-refractivity contribution in [1.82, 2.24) is 19.9 Å². The van der Waals surface area contributed by atoms with Gasteiger partial charge in [0.2, 0.25) is 0 Å². The van der Waals surface area contributed by atoms with Gasteiger partial charge in [-0.15, -0.1) is 0 Å². The Labute approximate surface area is 246 Å². The molecule has 6 heterocycles. The van der Waals surface area contributed by atoms with E-state index in [9.17, 15) is 13.9 Å². The van der Waals surface area contributed by atoms with Crippen LogP contribution in [0.1, 0.15) is 38.2 Å². The Hall–Kier alpha value is -3.70. The molecule has 0 spiro atoms. The highest BCUT2D eigenvalue weighted by atomic mass is 19.1. The second-order valence-electron chi connectivity index (χ2n) is 12.3. The molecular formula is C32H32F3N5O3. The molecule has 8 nitrogen and oxygen atoms in total. The second-order valence-corrected chi connectivity index (χ2v) is 12.3. The molecule has 4 fully saturated rings. The summed E-state index contributed by atoms with van der Waals surface area (Å²) in [5.41, 5.74) is 0.252. The number of benzene rings is 2. The second kappa shape index (κ2) is 9.92. The fourth-order valence-electron chi connectivity index (χ4n) is 7.78. The third kappa shape index (κ3) is 4.15. The van der Waals surface area contributed by atoms with Crippen LogP contribution in [-0.4, -0.2) is 81.7 Å². The summed E-state index contributed by atoms with van der Waals surface area (Å²) < 4.78 is 58.0. The topological polar surface area (TPSA) is 83.8 Å². The number of aromatic nitrogens is 3. The number of pyridine rings is 1. The minimum Gasteiger partial charge on any atom is -0.508 e. The van der Waals surface area contributed by atoms with Crippen molar-refractivity contribution in [3.63, 3.8) is 0 Å². The zero-order chi connectivity index (χ0) is 29.5. The van der Waals surface area contributed by atoms with E-state index in [4.69, 9.17) is 14.5 Å². The number of phenols is 1. The molecule has 11 heteroatoms. The van der Waals surface area contributed by atoms with Gasteiger partial charge in [-0.3, -0.25) is 9.88 Å². The average molecular weight is 592 g/mol. The van der Waals surface area contributed by atoms with Gasteiger partial charge >= 0.3 is 6.01 Å². The smallest absolute Gasteiger partial charge is 0.319 e. The number of fused-ring (bicyclic) bond motifs is 4. The van der Waals surface area contributed by atoms with E-state index in [1.807, 2.05) is 6.92 Å². The summed E-state index contributed by atoms with van der Waals surface area (Å²) in [6.07, 6.45) is 4.12. The van der Waals surface area contributed by atoms with E-state index in [1.54, 1.807) is 12.3 Å². The largest absolute Gasteiger partial charge is 0.508 e. The van der Waals surface area contributed by atoms with E-state index in [-0.39, 0.29) is 47.3 Å². The van der Waals surface area contributed by atoms with Gasteiger partial charge in [-0.25, -0.2) is 13.2 Å². The number of phenolic OH excluding ortho intramolecular Hbond substituents is 1. The molecule has 2 aromatic heterocycles. The number of halogens is 3. The SMILES string of the molecule is CCc1c(F)ccc2cc(O)cc(-c3ncc4c(N5CC6OCCC65)nc(OC[C@@]56CCCN5CC(F)C6)nc4c3F)c12. The van der Waals surface area contributed by atoms with Gasteiger partial charge in [-0.2, -0.15) is 9.97 Å². The van der Waals surface area contributed by atoms with Gasteiger partial charge in [0.05, 0.1) is 23.1 Å². The van der Waals surface area contributed by atoms with Gasteiger partial charge in [0.15, 0.2) is 5.82 Å². The lowest BCUT2D eigenvalue weighted by atomic mass is 9.94. The van der Waals surface area contributed by atoms with Crippen LogP contribution in [0.3, 0.4) is 0 Å². The molecule has 43 heavy (non-hydrogen) atoms. The number of ether oxygens (including phenoxy) is 2. The predicted molar refractivity (Wildman–Crippen MR) is 155 cm³/mol. The Morgan fingerprint density at radius 1 is 1.19 bits per heavy atom. The first kappa shape index (κ1) is 26.9. The van der Waals surface area contributed by atoms with Gasteiger partial charge < -0.3 is 19.5 Å². The lowest BCUT2D eigenvalue weighted by molar-refractivity contribution is 0.0764. The van der Waals surface area contributed by atoms with Crippen molar-refractivity contribution >= 4 is 27.5 Å². The first-order valence-electron chi connectivity index (χ1n) is 15.1. The molecule has 0 aliphatic carbocycles. The van der Waals surface area contributed by atoms with Crippen molar-refractivity contribution in [2.24, 2.45) is 0 Å². The highest BCUT2D eigenvalue weighted by Gasteiger charge is 2.50. The standard InChI is InChI=1S/C32H32F3N5O3/c1-2-20-23(34)5-4-17-10-19(41)11-21(26(17)20)28-27(35)29-22(13-36-28)30(40-15-25-24(40)6-9-42-25)38-31(37-29)43-16-32-7-3-8-39(32)14-18(33)12-32/h4-5,10-11,13,18,24-25,41H,2-3,6-9,12,14-16H2,1H3/t18?,24?,25?,32-/m0/s1. The van der Waals surface area contributed by atoms with Gasteiger partial charge in [0, 0.05) is 37.9 Å². The molecule has 0 amide bonds. The van der Waals surface area contributed by atoms with Crippen molar-refractivity contribution in [3.8, 4) is 23.0 Å². The third-order valence-corrected chi connectivity index (χ3v) is 9.86. The van der Waals surface area contributed by atoms with Crippen LogP contribution in [0.25, 0.3) is 32.9 Å². The quantitative estimate of drug-likeness (QED) is 0.323. The van der Waals surface area contributed by atoms with Crippen LogP contribution in [0.15, 0.2) is 30.5 Å². The van der Waals surface area contributed by atoms with E-state index in [0.717, 1.165) is 25.8 Å². The zero-order valence-corrected chi connectivity index (χ0v) is 23.8. The van der Waals surface area contributed by atoms with Crippen molar-refractivity contribution in [3.05, 3.63) is 47.7 Å². The Morgan fingerprint density at radius 2 is 2.07 bits per heavy atom. The Morgan fingerprint density at radius 3 is 2.91 bits per heavy atom. The molecule has 0 saturated carbocycles. The summed E-state index contributed by atoms with van der Waals surface area (Å²) in [5.74, 6) is -0.686. The number of rotatable bonds is 6. The number of nitrogens with zero attached hydrogens (tertiary/aromatic N) is 5. The third-order valence-electron chi connectivity index (χ3n) is 9.86. The molecule has 0 bridgehead atoms. The lowest BCUT2D eigenvalue weighted by Crippen LogP contribution is -2.58. The molecule has 4 aliphatic rings. The summed E-state index contributed by atoms with van der Waals surface area (Å²) in [6, 6.07) is 6.00. The number of hydrogen-bond acceptors (Lipinski definition) is 8. The number of hydrogen-bond donors (Lipinski definition) is 1. The molecule has 3 unspecified atom stereocenters. The summed E-state index contributed by atoms with van der Waals surface area (Å²) >= 11 is 0. The van der Waals surface area contributed by atoms with Crippen LogP contribution >= 0.6 is 0 Å². The average Bonchev–Trinajstić information content (AvgIpc) is 3.63. The maximum absolute atomic E-state index is 16.7. The lowest BCUT2D eigenvalue weighted by Gasteiger charge is -2.44.